The lowest BCUT2D eigenvalue weighted by Gasteiger charge is -2.12. The first-order chi connectivity index (χ1) is 18.5. The summed E-state index contributed by atoms with van der Waals surface area (Å²) in [7, 11) is 0. The van der Waals surface area contributed by atoms with Crippen molar-refractivity contribution >= 4 is 28.5 Å². The number of benzene rings is 3. The summed E-state index contributed by atoms with van der Waals surface area (Å²) >= 11 is 5.91. The van der Waals surface area contributed by atoms with E-state index in [1.807, 2.05) is 30.3 Å². The van der Waals surface area contributed by atoms with Crippen molar-refractivity contribution in [3.63, 3.8) is 0 Å². The van der Waals surface area contributed by atoms with Crippen molar-refractivity contribution in [2.24, 2.45) is 0 Å². The summed E-state index contributed by atoms with van der Waals surface area (Å²) in [5.74, 6) is 2.18. The van der Waals surface area contributed by atoms with Gasteiger partial charge in [0, 0.05) is 24.5 Å². The highest BCUT2D eigenvalue weighted by Gasteiger charge is 2.10. The van der Waals surface area contributed by atoms with E-state index < -0.39 is 0 Å². The van der Waals surface area contributed by atoms with Crippen molar-refractivity contribution < 1.29 is 9.53 Å². The number of carbonyl (C=O) groups is 1. The monoisotopic (exact) mass is 531 g/mol. The van der Waals surface area contributed by atoms with E-state index in [1.165, 1.54) is 16.6 Å². The minimum atomic E-state index is 0.0515. The third-order valence-corrected chi connectivity index (χ3v) is 7.04. The number of para-hydroxylation sites is 2. The lowest BCUT2D eigenvalue weighted by molar-refractivity contribution is -0.120. The Morgan fingerprint density at radius 3 is 2.61 bits per heavy atom. The average Bonchev–Trinajstić information content (AvgIpc) is 3.26. The number of imidazole rings is 1. The second-order valence-corrected chi connectivity index (χ2v) is 10.4. The van der Waals surface area contributed by atoms with Gasteiger partial charge in [-0.15, -0.1) is 0 Å². The molecule has 1 amide bonds. The molecule has 0 saturated heterocycles. The molecule has 1 aromatic heterocycles. The Labute approximate surface area is 231 Å². The minimum absolute atomic E-state index is 0.0515. The number of unbranched alkanes of at least 4 members (excludes halogenated alkanes) is 3. The molecular weight excluding hydrogens is 494 g/mol. The van der Waals surface area contributed by atoms with Crippen molar-refractivity contribution in [1.29, 1.82) is 0 Å². The summed E-state index contributed by atoms with van der Waals surface area (Å²) in [4.78, 5) is 17.1. The number of amides is 1. The standard InChI is InChI=1S/C32H38ClN3O2/c1-24-13-14-25(2)30(22-24)38-21-9-8-20-36-29-11-6-5-10-28(29)35-31(36)12-4-3-7-19-34-32(37)23-26-15-17-27(33)18-16-26/h5-6,10-11,13-18,22H,3-4,7-9,12,19-21,23H2,1-2H3,(H,34,37). The van der Waals surface area contributed by atoms with Gasteiger partial charge in [0.1, 0.15) is 11.6 Å². The largest absolute Gasteiger partial charge is 0.493 e. The number of rotatable bonds is 14. The number of fused-ring (bicyclic) bond motifs is 1. The quantitative estimate of drug-likeness (QED) is 0.174. The molecule has 0 unspecified atom stereocenters. The normalized spacial score (nSPS) is 11.1. The summed E-state index contributed by atoms with van der Waals surface area (Å²) in [6.45, 7) is 6.54. The maximum atomic E-state index is 12.2. The van der Waals surface area contributed by atoms with Gasteiger partial charge < -0.3 is 14.6 Å². The molecule has 0 aliphatic carbocycles. The fraction of sp³-hybridized carbons (Fsp3) is 0.375. The van der Waals surface area contributed by atoms with Crippen LogP contribution in [0, 0.1) is 13.8 Å². The lowest BCUT2D eigenvalue weighted by Crippen LogP contribution is -2.26. The van der Waals surface area contributed by atoms with E-state index in [1.54, 1.807) is 0 Å². The van der Waals surface area contributed by atoms with Gasteiger partial charge in [0.25, 0.3) is 0 Å². The van der Waals surface area contributed by atoms with Gasteiger partial charge in [-0.3, -0.25) is 4.79 Å². The Hall–Kier alpha value is -3.31. The highest BCUT2D eigenvalue weighted by atomic mass is 35.5. The van der Waals surface area contributed by atoms with Crippen LogP contribution in [-0.2, 0) is 24.2 Å². The zero-order chi connectivity index (χ0) is 26.7. The predicted octanol–water partition coefficient (Wildman–Crippen LogP) is 7.24. The molecular formula is C32H38ClN3O2. The second-order valence-electron chi connectivity index (χ2n) is 9.96. The molecule has 0 radical (unpaired) electrons. The van der Waals surface area contributed by atoms with E-state index in [0.717, 1.165) is 74.3 Å². The third kappa shape index (κ3) is 8.09. The van der Waals surface area contributed by atoms with Gasteiger partial charge in [0.05, 0.1) is 24.1 Å². The van der Waals surface area contributed by atoms with Crippen LogP contribution in [0.1, 0.15) is 54.6 Å². The first-order valence-electron chi connectivity index (χ1n) is 13.6. The fourth-order valence-electron chi connectivity index (χ4n) is 4.65. The maximum Gasteiger partial charge on any atom is 0.224 e. The number of ether oxygens (including phenoxy) is 1. The van der Waals surface area contributed by atoms with Crippen LogP contribution in [0.5, 0.6) is 5.75 Å². The van der Waals surface area contributed by atoms with Crippen LogP contribution < -0.4 is 10.1 Å². The molecule has 1 N–H and O–H groups in total. The van der Waals surface area contributed by atoms with Crippen molar-refractivity contribution in [1.82, 2.24) is 14.9 Å². The summed E-state index contributed by atoms with van der Waals surface area (Å²) in [6.07, 6.45) is 6.42. The number of carbonyl (C=O) groups excluding carboxylic acids is 1. The topological polar surface area (TPSA) is 56.1 Å². The van der Waals surface area contributed by atoms with Gasteiger partial charge in [-0.25, -0.2) is 4.98 Å². The molecule has 0 atom stereocenters. The Balaban J connectivity index is 1.20. The maximum absolute atomic E-state index is 12.2. The minimum Gasteiger partial charge on any atom is -0.493 e. The van der Waals surface area contributed by atoms with E-state index in [0.29, 0.717) is 18.0 Å². The van der Waals surface area contributed by atoms with Crippen molar-refractivity contribution in [3.05, 3.63) is 94.3 Å². The summed E-state index contributed by atoms with van der Waals surface area (Å²) in [5.41, 5.74) is 5.64. The summed E-state index contributed by atoms with van der Waals surface area (Å²) in [5, 5.41) is 3.72. The van der Waals surface area contributed by atoms with Gasteiger partial charge >= 0.3 is 0 Å². The van der Waals surface area contributed by atoms with Gasteiger partial charge in [-0.1, -0.05) is 54.4 Å². The van der Waals surface area contributed by atoms with Crippen molar-refractivity contribution in [2.75, 3.05) is 13.2 Å². The average molecular weight is 532 g/mol. The Kier molecular flexibility index (Phi) is 10.2. The molecule has 0 fully saturated rings. The molecule has 4 rings (SSSR count). The molecule has 1 heterocycles. The first-order valence-corrected chi connectivity index (χ1v) is 14.0. The lowest BCUT2D eigenvalue weighted by atomic mass is 10.1. The van der Waals surface area contributed by atoms with Gasteiger partial charge in [0.2, 0.25) is 5.91 Å². The van der Waals surface area contributed by atoms with E-state index >= 15 is 0 Å². The van der Waals surface area contributed by atoms with Crippen molar-refractivity contribution in [3.8, 4) is 5.75 Å². The van der Waals surface area contributed by atoms with Gasteiger partial charge in [-0.2, -0.15) is 0 Å². The van der Waals surface area contributed by atoms with Crippen LogP contribution in [0.15, 0.2) is 66.7 Å². The molecule has 4 aromatic rings. The molecule has 3 aromatic carbocycles. The van der Waals surface area contributed by atoms with E-state index in [2.05, 4.69) is 60.1 Å². The molecule has 0 saturated carbocycles. The van der Waals surface area contributed by atoms with Crippen LogP contribution in [0.4, 0.5) is 0 Å². The second kappa shape index (κ2) is 14.0. The molecule has 0 aliphatic heterocycles. The van der Waals surface area contributed by atoms with Crippen LogP contribution in [0.25, 0.3) is 11.0 Å². The Morgan fingerprint density at radius 2 is 1.76 bits per heavy atom. The number of halogens is 1. The van der Waals surface area contributed by atoms with Crippen LogP contribution >= 0.6 is 11.6 Å². The molecule has 0 aliphatic rings. The van der Waals surface area contributed by atoms with Crippen LogP contribution in [0.3, 0.4) is 0 Å². The smallest absolute Gasteiger partial charge is 0.224 e. The molecule has 38 heavy (non-hydrogen) atoms. The number of aromatic nitrogens is 2. The number of hydrogen-bond donors (Lipinski definition) is 1. The highest BCUT2D eigenvalue weighted by molar-refractivity contribution is 6.30. The third-order valence-electron chi connectivity index (χ3n) is 6.79. The Bertz CT molecular complexity index is 1330. The van der Waals surface area contributed by atoms with Crippen LogP contribution in [-0.4, -0.2) is 28.6 Å². The van der Waals surface area contributed by atoms with E-state index in [9.17, 15) is 4.79 Å². The zero-order valence-corrected chi connectivity index (χ0v) is 23.3. The van der Waals surface area contributed by atoms with E-state index in [4.69, 9.17) is 21.3 Å². The highest BCUT2D eigenvalue weighted by Crippen LogP contribution is 2.21. The van der Waals surface area contributed by atoms with Gasteiger partial charge in [-0.05, 0) is 86.6 Å². The number of aryl methyl sites for hydroxylation is 4. The molecule has 6 heteroatoms. The molecule has 200 valence electrons. The first kappa shape index (κ1) is 27.7. The number of nitrogens with one attached hydrogen (secondary N) is 1. The SMILES string of the molecule is Cc1ccc(C)c(OCCCCn2c(CCCCCNC(=O)Cc3ccc(Cl)cc3)nc3ccccc32)c1. The van der Waals surface area contributed by atoms with Crippen LogP contribution in [0.2, 0.25) is 5.02 Å². The molecule has 5 nitrogen and oxygen atoms in total. The number of hydrogen-bond acceptors (Lipinski definition) is 3. The zero-order valence-electron chi connectivity index (χ0n) is 22.5. The summed E-state index contributed by atoms with van der Waals surface area (Å²) < 4.78 is 8.43. The van der Waals surface area contributed by atoms with E-state index in [-0.39, 0.29) is 5.91 Å². The summed E-state index contributed by atoms with van der Waals surface area (Å²) in [6, 6.07) is 22.2. The number of nitrogens with zero attached hydrogens (tertiary/aromatic N) is 2. The fourth-order valence-corrected chi connectivity index (χ4v) is 4.77. The van der Waals surface area contributed by atoms with Crippen molar-refractivity contribution in [2.45, 2.75) is 65.3 Å². The van der Waals surface area contributed by atoms with Gasteiger partial charge in [0.15, 0.2) is 0 Å². The Morgan fingerprint density at radius 1 is 0.947 bits per heavy atom. The molecule has 0 spiro atoms. The predicted molar refractivity (Wildman–Crippen MR) is 156 cm³/mol. The molecule has 0 bridgehead atoms.